The number of nitrogens with zero attached hydrogens (tertiary/aromatic N) is 3. The van der Waals surface area contributed by atoms with Crippen LogP contribution in [0.25, 0.3) is 135 Å². The summed E-state index contributed by atoms with van der Waals surface area (Å²) in [6, 6.07) is 101. The van der Waals surface area contributed by atoms with E-state index in [0.717, 1.165) is 85.9 Å². The van der Waals surface area contributed by atoms with Crippen LogP contribution in [0.3, 0.4) is 0 Å². The number of aromatic nitrogens is 2. The molecule has 4 nitrogen and oxygen atoms in total. The standard InChI is InChI=1S/C98H78BN3OS2/c1-96(2,3)62-30-16-21-41-82-76(55-62)77-56-64(98(7,8)9)43-49-84(77)100(82)65-44-46-78-85(57-65)102(83-48-42-63(97(4,5)6)54-75(83)60-28-14-11-15-29-60)86-52-61(53-88-93(86)99(78)79-47-45-66(58-87(79)103-88)101-80-39-22-19-33-70(80)71-34-20-23-40-81(71)101)68-35-24-37-73-91-89(104-94(68)73)50-51-90-92(91)74-38-25-36-72(95(74)105-90)69-32-18-17-31-67(69)59-26-12-10-13-27-59/h10-29,31-40,42-58H,30,41H2,1-9H3/b21-16-,62-55+. The monoisotopic (exact) mass is 1390 g/mol. The van der Waals surface area contributed by atoms with E-state index >= 15 is 0 Å². The third kappa shape index (κ3) is 10.1. The molecule has 7 heteroatoms. The molecule has 0 saturated carbocycles. The minimum Gasteiger partial charge on any atom is -0.458 e. The maximum Gasteiger partial charge on any atom is 0.256 e. The van der Waals surface area contributed by atoms with Crippen LogP contribution >= 0.6 is 22.7 Å². The fourth-order valence-electron chi connectivity index (χ4n) is 17.5. The number of para-hydroxylation sites is 2. The molecular weight excluding hydrogens is 1310 g/mol. The molecule has 6 heterocycles. The summed E-state index contributed by atoms with van der Waals surface area (Å²) in [6.45, 7) is 20.9. The molecule has 0 amide bonds. The van der Waals surface area contributed by atoms with Gasteiger partial charge in [0.1, 0.15) is 11.5 Å². The summed E-state index contributed by atoms with van der Waals surface area (Å²) in [6.07, 6.45) is 9.10. The lowest BCUT2D eigenvalue weighted by Gasteiger charge is -2.41. The predicted molar refractivity (Wildman–Crippen MR) is 453 cm³/mol. The van der Waals surface area contributed by atoms with Crippen molar-refractivity contribution < 1.29 is 4.74 Å². The van der Waals surface area contributed by atoms with E-state index in [2.05, 4.69) is 361 Å². The van der Waals surface area contributed by atoms with Crippen LogP contribution < -0.4 is 26.0 Å². The number of rotatable bonds is 7. The lowest BCUT2D eigenvalue weighted by atomic mass is 9.34. The molecule has 0 bridgehead atoms. The molecule has 0 unspecified atom stereocenters. The third-order valence-corrected chi connectivity index (χ3v) is 25.2. The zero-order chi connectivity index (χ0) is 70.9. The van der Waals surface area contributed by atoms with E-state index < -0.39 is 0 Å². The normalized spacial score (nSPS) is 14.5. The summed E-state index contributed by atoms with van der Waals surface area (Å²) in [5.41, 5.74) is 28.7. The van der Waals surface area contributed by atoms with Gasteiger partial charge in [0, 0.05) is 114 Å². The van der Waals surface area contributed by atoms with Gasteiger partial charge in [-0.05, 0) is 162 Å². The Bertz CT molecular complexity index is 6520. The first kappa shape index (κ1) is 63.5. The molecule has 17 aromatic rings. The summed E-state index contributed by atoms with van der Waals surface area (Å²) in [7, 11) is 0. The lowest BCUT2D eigenvalue weighted by Crippen LogP contribution is -2.59. The van der Waals surface area contributed by atoms with Crippen molar-refractivity contribution in [2.45, 2.75) is 86.0 Å². The highest BCUT2D eigenvalue weighted by Crippen LogP contribution is 2.53. The molecule has 3 aliphatic rings. The van der Waals surface area contributed by atoms with Gasteiger partial charge in [0.2, 0.25) is 0 Å². The Labute approximate surface area is 622 Å². The average Bonchev–Trinajstić information content (AvgIpc) is 1.59. The highest BCUT2D eigenvalue weighted by atomic mass is 32.1. The minimum atomic E-state index is -0.198. The molecule has 0 radical (unpaired) electrons. The second-order valence-electron chi connectivity index (χ2n) is 32.2. The van der Waals surface area contributed by atoms with Crippen molar-refractivity contribution in [1.82, 2.24) is 9.13 Å². The van der Waals surface area contributed by atoms with Crippen LogP contribution in [0, 0.1) is 5.41 Å². The summed E-state index contributed by atoms with van der Waals surface area (Å²) in [5, 5.41) is 8.94. The molecule has 105 heavy (non-hydrogen) atoms. The lowest BCUT2D eigenvalue weighted by molar-refractivity contribution is 0.487. The Hall–Kier alpha value is -11.2. The molecule has 2 aliphatic heterocycles. The second-order valence-corrected chi connectivity index (χ2v) is 34.3. The largest absolute Gasteiger partial charge is 0.458 e. The van der Waals surface area contributed by atoms with Gasteiger partial charge >= 0.3 is 0 Å². The maximum atomic E-state index is 7.81. The van der Waals surface area contributed by atoms with Crippen LogP contribution in [0.5, 0.6) is 11.5 Å². The molecule has 1 aliphatic carbocycles. The molecule has 506 valence electrons. The van der Waals surface area contributed by atoms with Gasteiger partial charge < -0.3 is 18.8 Å². The number of hydrogen-bond donors (Lipinski definition) is 0. The van der Waals surface area contributed by atoms with Gasteiger partial charge in [0.25, 0.3) is 6.71 Å². The van der Waals surface area contributed by atoms with Crippen molar-refractivity contribution in [1.29, 1.82) is 0 Å². The van der Waals surface area contributed by atoms with Crippen molar-refractivity contribution in [3.8, 4) is 67.4 Å². The number of thiophene rings is 2. The molecule has 0 fully saturated rings. The Morgan fingerprint density at radius 1 is 0.362 bits per heavy atom. The molecule has 0 saturated heterocycles. The van der Waals surface area contributed by atoms with Crippen molar-refractivity contribution >= 4 is 142 Å². The minimum absolute atomic E-state index is 0.0229. The summed E-state index contributed by atoms with van der Waals surface area (Å²) in [4.78, 5) is 2.64. The quantitative estimate of drug-likeness (QED) is 0.117. The fraction of sp³-hybridized carbons (Fsp3) is 0.143. The van der Waals surface area contributed by atoms with Gasteiger partial charge in [0.05, 0.1) is 22.2 Å². The summed E-state index contributed by atoms with van der Waals surface area (Å²) in [5.74, 6) is 1.72. The molecule has 0 atom stereocenters. The van der Waals surface area contributed by atoms with Crippen molar-refractivity contribution in [2.75, 3.05) is 4.90 Å². The van der Waals surface area contributed by atoms with E-state index in [4.69, 9.17) is 4.74 Å². The van der Waals surface area contributed by atoms with Crippen LogP contribution in [0.15, 0.2) is 285 Å². The first-order valence-corrected chi connectivity index (χ1v) is 38.7. The van der Waals surface area contributed by atoms with Gasteiger partial charge in [0.15, 0.2) is 0 Å². The Balaban J connectivity index is 0.861. The van der Waals surface area contributed by atoms with Crippen molar-refractivity contribution in [3.63, 3.8) is 0 Å². The number of allylic oxidation sites excluding steroid dienone is 3. The van der Waals surface area contributed by atoms with E-state index in [1.807, 2.05) is 22.7 Å². The van der Waals surface area contributed by atoms with E-state index in [1.54, 1.807) is 0 Å². The van der Waals surface area contributed by atoms with Crippen molar-refractivity contribution in [2.24, 2.45) is 5.41 Å². The molecule has 0 spiro atoms. The summed E-state index contributed by atoms with van der Waals surface area (Å²) >= 11 is 3.83. The zero-order valence-electron chi connectivity index (χ0n) is 60.7. The molecular formula is C98H78BN3OS2. The highest BCUT2D eigenvalue weighted by Gasteiger charge is 2.44. The number of benzene rings is 13. The van der Waals surface area contributed by atoms with Gasteiger partial charge in [-0.3, -0.25) is 0 Å². The van der Waals surface area contributed by atoms with Crippen LogP contribution in [0.1, 0.15) is 91.1 Å². The summed E-state index contributed by atoms with van der Waals surface area (Å²) < 4.78 is 18.0. The highest BCUT2D eigenvalue weighted by molar-refractivity contribution is 7.28. The van der Waals surface area contributed by atoms with Crippen LogP contribution in [0.4, 0.5) is 17.1 Å². The van der Waals surface area contributed by atoms with Gasteiger partial charge in [-0.1, -0.05) is 268 Å². The predicted octanol–water partition coefficient (Wildman–Crippen LogP) is 26.1. The fourth-order valence-corrected chi connectivity index (χ4v) is 20.0. The number of hydrogen-bond acceptors (Lipinski definition) is 4. The van der Waals surface area contributed by atoms with Crippen LogP contribution in [-0.2, 0) is 17.3 Å². The smallest absolute Gasteiger partial charge is 0.256 e. The first-order chi connectivity index (χ1) is 51.0. The second kappa shape index (κ2) is 23.7. The van der Waals surface area contributed by atoms with E-state index in [9.17, 15) is 0 Å². The SMILES string of the molecule is CC(C)(C)/C1=C/c2c(n(-c3ccc4c(c3)N(c3ccc(C(C)(C)C)cc3-c3ccccc3)c3cc(-c5cccc6c5sc5ccc7sc8c(-c9ccccc9-c9ccccc9)cccc8c7c56)cc5c3B4c3ccc(-n4c6ccccc6c6ccccc64)cc3O5)c3ccc(C(C)(C)C)cc23)C/C=C\C1. The van der Waals surface area contributed by atoms with Crippen molar-refractivity contribution in [3.05, 3.63) is 307 Å². The third-order valence-electron chi connectivity index (χ3n) is 22.8. The van der Waals surface area contributed by atoms with E-state index in [1.165, 1.54) is 129 Å². The molecule has 4 aromatic heterocycles. The number of fused-ring (bicyclic) bond motifs is 17. The topological polar surface area (TPSA) is 22.3 Å². The number of anilines is 3. The van der Waals surface area contributed by atoms with Crippen LogP contribution in [-0.4, -0.2) is 15.8 Å². The number of ether oxygens (including phenoxy) is 1. The Morgan fingerprint density at radius 3 is 1.59 bits per heavy atom. The van der Waals surface area contributed by atoms with Gasteiger partial charge in [-0.15, -0.1) is 22.7 Å². The van der Waals surface area contributed by atoms with Gasteiger partial charge in [-0.25, -0.2) is 0 Å². The molecule has 20 rings (SSSR count). The van der Waals surface area contributed by atoms with Crippen LogP contribution in [0.2, 0.25) is 0 Å². The maximum absolute atomic E-state index is 7.81. The molecule has 13 aromatic carbocycles. The zero-order valence-corrected chi connectivity index (χ0v) is 62.3. The Kier molecular flexibility index (Phi) is 14.3. The van der Waals surface area contributed by atoms with E-state index in [0.29, 0.717) is 0 Å². The average molecular weight is 1390 g/mol. The molecule has 0 N–H and O–H groups in total. The first-order valence-electron chi connectivity index (χ1n) is 37.1. The van der Waals surface area contributed by atoms with Gasteiger partial charge in [-0.2, -0.15) is 0 Å². The van der Waals surface area contributed by atoms with E-state index in [-0.39, 0.29) is 23.0 Å². The Morgan fingerprint density at radius 2 is 0.914 bits per heavy atom.